The molecule has 0 aliphatic heterocycles. The van der Waals surface area contributed by atoms with Gasteiger partial charge in [-0.25, -0.2) is 24.1 Å². The molecule has 2 aromatic carbocycles. The zero-order valence-corrected chi connectivity index (χ0v) is 26.3. The molecule has 0 spiro atoms. The molecule has 4 aliphatic rings. The predicted molar refractivity (Wildman–Crippen MR) is 144 cm³/mol. The molecule has 0 heterocycles. The number of allylic oxidation sites excluding steroid dienone is 6. The number of benzene rings is 1. The van der Waals surface area contributed by atoms with Crippen LogP contribution in [-0.2, 0) is 38.0 Å². The van der Waals surface area contributed by atoms with Crippen LogP contribution in [0.2, 0.25) is 0 Å². The van der Waals surface area contributed by atoms with Crippen molar-refractivity contribution in [2.75, 3.05) is 0 Å². The van der Waals surface area contributed by atoms with Gasteiger partial charge in [0.2, 0.25) is 0 Å². The molecule has 0 N–H and O–H groups in total. The summed E-state index contributed by atoms with van der Waals surface area (Å²) in [7, 11) is 0. The normalized spacial score (nSPS) is 20.7. The Bertz CT molecular complexity index is 1090. The van der Waals surface area contributed by atoms with Gasteiger partial charge in [0.05, 0.1) is 0 Å². The van der Waals surface area contributed by atoms with Gasteiger partial charge in [-0.1, -0.05) is 99.1 Å². The summed E-state index contributed by atoms with van der Waals surface area (Å²) < 4.78 is 0. The third-order valence-corrected chi connectivity index (χ3v) is 7.74. The standard InChI is InChI=1S/C21H21.C10H15.C2H4.2ClH.Zr/c1-2-8-15-14(7-1)13-20-18-11-4-3-9-16(18)17-10-5-6-12-19(17)21(15)20;1-8-6-5-7-9(8)10(2,3)4;1-2;;;/h1-2,6-8,11-12,16-17H,3-5,9-10,13H2;5-7H,1-4H3;1-2H2;2*1H;/q2*-1;;;;+4/p-2. The Hall–Kier alpha value is -1.14. The van der Waals surface area contributed by atoms with Crippen molar-refractivity contribution >= 4 is 5.57 Å². The molecule has 0 nitrogen and oxygen atoms in total. The van der Waals surface area contributed by atoms with Gasteiger partial charge >= 0.3 is 26.2 Å². The van der Waals surface area contributed by atoms with E-state index in [4.69, 9.17) is 0 Å². The fourth-order valence-corrected chi connectivity index (χ4v) is 6.41. The minimum atomic E-state index is 0. The van der Waals surface area contributed by atoms with E-state index >= 15 is 0 Å². The van der Waals surface area contributed by atoms with Gasteiger partial charge in [-0.3, -0.25) is 0 Å². The van der Waals surface area contributed by atoms with Gasteiger partial charge in [-0.2, -0.15) is 17.2 Å². The quantitative estimate of drug-likeness (QED) is 0.323. The van der Waals surface area contributed by atoms with Gasteiger partial charge in [-0.15, -0.1) is 25.1 Å². The maximum Gasteiger partial charge on any atom is 4.00 e. The second-order valence-electron chi connectivity index (χ2n) is 10.8. The van der Waals surface area contributed by atoms with Crippen LogP contribution in [0.1, 0.15) is 75.1 Å². The van der Waals surface area contributed by atoms with Crippen molar-refractivity contribution in [3.05, 3.63) is 113 Å². The summed E-state index contributed by atoms with van der Waals surface area (Å²) in [6.45, 7) is 14.9. The topological polar surface area (TPSA) is 0 Å². The van der Waals surface area contributed by atoms with E-state index in [0.29, 0.717) is 5.41 Å². The van der Waals surface area contributed by atoms with Gasteiger partial charge in [0.25, 0.3) is 0 Å². The number of hydrogen-bond acceptors (Lipinski definition) is 0. The Labute approximate surface area is 251 Å². The number of rotatable bonds is 0. The Morgan fingerprint density at radius 2 is 1.69 bits per heavy atom. The molecule has 4 aliphatic carbocycles. The Morgan fingerprint density at radius 1 is 0.972 bits per heavy atom. The van der Waals surface area contributed by atoms with Gasteiger partial charge in [0.1, 0.15) is 0 Å². The van der Waals surface area contributed by atoms with Crippen LogP contribution in [0.3, 0.4) is 0 Å². The number of hydrogen-bond donors (Lipinski definition) is 0. The van der Waals surface area contributed by atoms with E-state index in [1.165, 1.54) is 48.8 Å². The van der Waals surface area contributed by atoms with E-state index in [1.54, 1.807) is 27.9 Å². The molecule has 0 aromatic heterocycles. The SMILES string of the molecule is C1=CC2=C3C(=C4[CH-]CCCC4C2CC1)Cc1ccccc13.C=C.Cc1ccc[c-]1C(C)(C)C.[Cl-].[Cl-].[Zr+4]. The van der Waals surface area contributed by atoms with E-state index in [2.05, 4.69) is 102 Å². The summed E-state index contributed by atoms with van der Waals surface area (Å²) in [6, 6.07) is 15.6. The largest absolute Gasteiger partial charge is 4.00 e. The van der Waals surface area contributed by atoms with Crippen molar-refractivity contribution in [1.29, 1.82) is 0 Å². The third kappa shape index (κ3) is 6.46. The van der Waals surface area contributed by atoms with Gasteiger partial charge in [-0.05, 0) is 36.7 Å². The monoisotopic (exact) mass is 596 g/mol. The molecule has 2 unspecified atom stereocenters. The first-order valence-electron chi connectivity index (χ1n) is 12.7. The van der Waals surface area contributed by atoms with Crippen molar-refractivity contribution in [3.8, 4) is 0 Å². The first kappa shape index (κ1) is 32.9. The van der Waals surface area contributed by atoms with E-state index in [9.17, 15) is 0 Å². The van der Waals surface area contributed by atoms with E-state index < -0.39 is 0 Å². The first-order chi connectivity index (χ1) is 15.9. The summed E-state index contributed by atoms with van der Waals surface area (Å²) in [5, 5.41) is 0. The fourth-order valence-electron chi connectivity index (χ4n) is 6.41. The van der Waals surface area contributed by atoms with E-state index in [0.717, 1.165) is 18.3 Å². The molecule has 1 saturated carbocycles. The Kier molecular flexibility index (Phi) is 12.9. The van der Waals surface area contributed by atoms with E-state index in [-0.39, 0.29) is 51.0 Å². The molecule has 36 heavy (non-hydrogen) atoms. The van der Waals surface area contributed by atoms with Gasteiger partial charge in [0, 0.05) is 0 Å². The van der Waals surface area contributed by atoms with E-state index in [1.807, 2.05) is 0 Å². The molecule has 190 valence electrons. The van der Waals surface area contributed by atoms with Crippen molar-refractivity contribution < 1.29 is 51.0 Å². The van der Waals surface area contributed by atoms with Crippen molar-refractivity contribution in [3.63, 3.8) is 0 Å². The maximum atomic E-state index is 3.00. The van der Waals surface area contributed by atoms with Gasteiger partial charge < -0.3 is 24.8 Å². The second kappa shape index (κ2) is 14.1. The summed E-state index contributed by atoms with van der Waals surface area (Å²) in [4.78, 5) is 0. The molecule has 3 heteroatoms. The summed E-state index contributed by atoms with van der Waals surface area (Å²) in [5.41, 5.74) is 12.9. The summed E-state index contributed by atoms with van der Waals surface area (Å²) in [6.07, 6.45) is 15.3. The molecule has 0 radical (unpaired) electrons. The van der Waals surface area contributed by atoms with Gasteiger partial charge in [0.15, 0.2) is 0 Å². The van der Waals surface area contributed by atoms with Crippen molar-refractivity contribution in [2.24, 2.45) is 11.8 Å². The van der Waals surface area contributed by atoms with Crippen LogP contribution in [0.5, 0.6) is 0 Å². The summed E-state index contributed by atoms with van der Waals surface area (Å²) >= 11 is 0. The van der Waals surface area contributed by atoms with Crippen LogP contribution in [0, 0.1) is 25.2 Å². The molecule has 1 fully saturated rings. The van der Waals surface area contributed by atoms with Crippen molar-refractivity contribution in [1.82, 2.24) is 0 Å². The number of fused-ring (bicyclic) bond motifs is 6. The van der Waals surface area contributed by atoms with Crippen LogP contribution in [0.4, 0.5) is 0 Å². The molecule has 2 aromatic rings. The van der Waals surface area contributed by atoms with Crippen LogP contribution >= 0.6 is 0 Å². The van der Waals surface area contributed by atoms with Crippen LogP contribution in [-0.4, -0.2) is 0 Å². The van der Waals surface area contributed by atoms with Crippen LogP contribution in [0.25, 0.3) is 5.57 Å². The van der Waals surface area contributed by atoms with Crippen LogP contribution < -0.4 is 24.8 Å². The smallest absolute Gasteiger partial charge is 1.00 e. The molecule has 0 bridgehead atoms. The average Bonchev–Trinajstić information content (AvgIpc) is 3.45. The zero-order valence-electron chi connectivity index (χ0n) is 22.3. The summed E-state index contributed by atoms with van der Waals surface area (Å²) in [5.74, 6) is 1.60. The maximum absolute atomic E-state index is 3.00. The molecule has 0 saturated heterocycles. The predicted octanol–water partition coefficient (Wildman–Crippen LogP) is 3.10. The average molecular weight is 599 g/mol. The molecular formula is C33H40Cl2Zr. The molecule has 0 amide bonds. The van der Waals surface area contributed by atoms with Crippen molar-refractivity contribution in [2.45, 2.75) is 71.6 Å². The molecule has 6 rings (SSSR count). The number of aryl methyl sites for hydroxylation is 1. The Morgan fingerprint density at radius 3 is 2.33 bits per heavy atom. The minimum absolute atomic E-state index is 0. The van der Waals surface area contributed by atoms with Crippen LogP contribution in [0.15, 0.2) is 84.5 Å². The third-order valence-electron chi connectivity index (χ3n) is 7.74. The molecular weight excluding hydrogens is 558 g/mol. The minimum Gasteiger partial charge on any atom is -1.00 e. The fraction of sp³-hybridized carbons (Fsp3) is 0.394. The molecule has 2 atom stereocenters. The second-order valence-corrected chi connectivity index (χ2v) is 10.8. The first-order valence-corrected chi connectivity index (χ1v) is 12.7. The number of halogens is 2. The zero-order chi connectivity index (χ0) is 23.6. The Balaban J connectivity index is 0.000000375.